The zero-order chi connectivity index (χ0) is 21.9. The molecule has 0 aliphatic heterocycles. The average Bonchev–Trinajstić information content (AvgIpc) is 2.94. The molecule has 30 heavy (non-hydrogen) atoms. The Labute approximate surface area is 187 Å². The van der Waals surface area contributed by atoms with Gasteiger partial charge in [0.25, 0.3) is 0 Å². The van der Waals surface area contributed by atoms with Gasteiger partial charge in [0, 0.05) is 16.5 Å². The summed E-state index contributed by atoms with van der Waals surface area (Å²) in [6.45, 7) is 14.7. The second kappa shape index (κ2) is 7.62. The molecule has 8 atom stereocenters. The lowest BCUT2D eigenvalue weighted by Gasteiger charge is -2.67. The highest BCUT2D eigenvalue weighted by Gasteiger charge is 2.69. The Morgan fingerprint density at radius 2 is 1.70 bits per heavy atom. The van der Waals surface area contributed by atoms with Gasteiger partial charge in [0.1, 0.15) is 0 Å². The van der Waals surface area contributed by atoms with Crippen LogP contribution in [0.25, 0.3) is 0 Å². The molecule has 2 heteroatoms. The molecular formula is C28H50N2. The molecule has 4 N–H and O–H groups in total. The average molecular weight is 415 g/mol. The first-order chi connectivity index (χ1) is 14.0. The van der Waals surface area contributed by atoms with Crippen LogP contribution < -0.4 is 11.5 Å². The lowest BCUT2D eigenvalue weighted by molar-refractivity contribution is -0.0864. The zero-order valence-electron chi connectivity index (χ0n) is 20.9. The molecule has 0 bridgehead atoms. The molecule has 0 radical (unpaired) electrons. The van der Waals surface area contributed by atoms with E-state index >= 15 is 0 Å². The molecule has 0 saturated heterocycles. The number of rotatable bonds is 5. The Bertz CT molecular complexity index is 682. The van der Waals surface area contributed by atoms with Gasteiger partial charge in [0.15, 0.2) is 0 Å². The van der Waals surface area contributed by atoms with Gasteiger partial charge >= 0.3 is 0 Å². The van der Waals surface area contributed by atoms with E-state index in [0.717, 1.165) is 30.1 Å². The highest BCUT2D eigenvalue weighted by molar-refractivity contribution is 5.35. The van der Waals surface area contributed by atoms with Crippen LogP contribution in [0.3, 0.4) is 0 Å². The maximum absolute atomic E-state index is 7.54. The fraction of sp³-hybridized carbons (Fsp3) is 0.929. The molecule has 4 aliphatic carbocycles. The lowest BCUT2D eigenvalue weighted by atomic mass is 9.41. The number of hydrogen-bond acceptors (Lipinski definition) is 2. The van der Waals surface area contributed by atoms with Gasteiger partial charge in [-0.3, -0.25) is 0 Å². The van der Waals surface area contributed by atoms with Crippen LogP contribution in [0, 0.1) is 40.4 Å². The van der Waals surface area contributed by atoms with Crippen LogP contribution in [0.1, 0.15) is 112 Å². The second-order valence-electron chi connectivity index (χ2n) is 13.1. The van der Waals surface area contributed by atoms with Crippen molar-refractivity contribution < 1.29 is 0 Å². The summed E-state index contributed by atoms with van der Waals surface area (Å²) in [5.74, 6) is 3.63. The van der Waals surface area contributed by atoms with Gasteiger partial charge in [-0.25, -0.2) is 0 Å². The van der Waals surface area contributed by atoms with Gasteiger partial charge in [0.2, 0.25) is 0 Å². The number of allylic oxidation sites excluding steroid dienone is 1. The van der Waals surface area contributed by atoms with E-state index in [1.165, 1.54) is 64.2 Å². The number of nitrogens with two attached hydrogens (primary N) is 2. The van der Waals surface area contributed by atoms with Crippen molar-refractivity contribution in [1.29, 1.82) is 0 Å². The highest BCUT2D eigenvalue weighted by Crippen LogP contribution is 2.69. The van der Waals surface area contributed by atoms with Crippen LogP contribution in [0.4, 0.5) is 0 Å². The van der Waals surface area contributed by atoms with E-state index in [-0.39, 0.29) is 21.9 Å². The summed E-state index contributed by atoms with van der Waals surface area (Å²) in [4.78, 5) is 0. The van der Waals surface area contributed by atoms with Crippen molar-refractivity contribution in [1.82, 2.24) is 0 Å². The van der Waals surface area contributed by atoms with E-state index in [4.69, 9.17) is 11.5 Å². The summed E-state index contributed by atoms with van der Waals surface area (Å²) in [5.41, 5.74) is 16.9. The molecule has 3 saturated carbocycles. The Balaban J connectivity index is 1.60. The van der Waals surface area contributed by atoms with E-state index in [9.17, 15) is 0 Å². The summed E-state index contributed by atoms with van der Waals surface area (Å²) in [6, 6.07) is 0. The highest BCUT2D eigenvalue weighted by atomic mass is 15.0. The van der Waals surface area contributed by atoms with Crippen LogP contribution in [0.2, 0.25) is 0 Å². The van der Waals surface area contributed by atoms with Crippen molar-refractivity contribution in [3.8, 4) is 0 Å². The Morgan fingerprint density at radius 3 is 2.40 bits per heavy atom. The van der Waals surface area contributed by atoms with Gasteiger partial charge in [-0.15, -0.1) is 0 Å². The molecule has 4 rings (SSSR count). The number of fused-ring (bicyclic) bond motifs is 5. The fourth-order valence-corrected chi connectivity index (χ4v) is 8.98. The minimum absolute atomic E-state index is 0.0922. The fourth-order valence-electron chi connectivity index (χ4n) is 8.98. The van der Waals surface area contributed by atoms with Gasteiger partial charge in [-0.2, -0.15) is 0 Å². The van der Waals surface area contributed by atoms with Crippen LogP contribution in [0.5, 0.6) is 0 Å². The Kier molecular flexibility index (Phi) is 5.80. The van der Waals surface area contributed by atoms with Crippen molar-refractivity contribution in [2.24, 2.45) is 51.9 Å². The third-order valence-electron chi connectivity index (χ3n) is 11.2. The maximum Gasteiger partial charge on any atom is 0.0296 e. The van der Waals surface area contributed by atoms with Crippen LogP contribution >= 0.6 is 0 Å². The minimum atomic E-state index is -0.110. The largest absolute Gasteiger partial charge is 0.324 e. The normalized spacial score (nSPS) is 49.2. The molecular weight excluding hydrogens is 364 g/mol. The molecule has 0 spiro atoms. The predicted octanol–water partition coefficient (Wildman–Crippen LogP) is 6.83. The van der Waals surface area contributed by atoms with Gasteiger partial charge in [-0.05, 0) is 86.4 Å². The lowest BCUT2D eigenvalue weighted by Crippen LogP contribution is -2.75. The first-order valence-electron chi connectivity index (χ1n) is 13.3. The monoisotopic (exact) mass is 414 g/mol. The molecule has 0 heterocycles. The van der Waals surface area contributed by atoms with E-state index in [1.807, 2.05) is 0 Å². The van der Waals surface area contributed by atoms with Crippen molar-refractivity contribution in [2.45, 2.75) is 123 Å². The molecule has 172 valence electrons. The van der Waals surface area contributed by atoms with Crippen molar-refractivity contribution in [2.75, 3.05) is 0 Å². The third-order valence-corrected chi connectivity index (χ3v) is 11.2. The molecule has 1 unspecified atom stereocenters. The molecule has 0 aromatic heterocycles. The standard InChI is InChI=1S/C28H50N2/c1-19(2)8-7-9-21(4)23-13-15-27(29)24-11-10-22-18-20(3)12-14-25(22,5)28(24,30)17-16-26(23,27)6/h10,19-21,23-24H,7-9,11-18,29-30H2,1-6H3/t20-,21+,23+,24?,25-,26+,27+,28+/m0/s1. The van der Waals surface area contributed by atoms with Gasteiger partial charge in [-0.1, -0.05) is 72.5 Å². The summed E-state index contributed by atoms with van der Waals surface area (Å²) >= 11 is 0. The summed E-state index contributed by atoms with van der Waals surface area (Å²) < 4.78 is 0. The molecule has 4 aliphatic rings. The van der Waals surface area contributed by atoms with Gasteiger partial charge < -0.3 is 11.5 Å². The van der Waals surface area contributed by atoms with Crippen LogP contribution in [0.15, 0.2) is 11.6 Å². The number of hydrogen-bond donors (Lipinski definition) is 2. The molecule has 0 aromatic carbocycles. The van der Waals surface area contributed by atoms with Crippen molar-refractivity contribution >= 4 is 0 Å². The summed E-state index contributed by atoms with van der Waals surface area (Å²) in [7, 11) is 0. The Hall–Kier alpha value is -0.340. The zero-order valence-corrected chi connectivity index (χ0v) is 20.9. The van der Waals surface area contributed by atoms with Crippen molar-refractivity contribution in [3.05, 3.63) is 11.6 Å². The molecule has 3 fully saturated rings. The molecule has 2 nitrogen and oxygen atoms in total. The molecule has 0 amide bonds. The Morgan fingerprint density at radius 1 is 0.967 bits per heavy atom. The van der Waals surface area contributed by atoms with E-state index < -0.39 is 0 Å². The third kappa shape index (κ3) is 3.10. The van der Waals surface area contributed by atoms with Crippen LogP contribution in [-0.2, 0) is 0 Å². The van der Waals surface area contributed by atoms with E-state index in [1.54, 1.807) is 5.57 Å². The van der Waals surface area contributed by atoms with E-state index in [0.29, 0.717) is 5.92 Å². The minimum Gasteiger partial charge on any atom is -0.324 e. The first kappa shape index (κ1) is 22.8. The summed E-state index contributed by atoms with van der Waals surface area (Å²) in [5, 5.41) is 0. The second-order valence-corrected chi connectivity index (χ2v) is 13.1. The maximum atomic E-state index is 7.54. The summed E-state index contributed by atoms with van der Waals surface area (Å²) in [6.07, 6.45) is 16.6. The predicted molar refractivity (Wildman–Crippen MR) is 129 cm³/mol. The van der Waals surface area contributed by atoms with Crippen molar-refractivity contribution in [3.63, 3.8) is 0 Å². The van der Waals surface area contributed by atoms with Crippen LogP contribution in [-0.4, -0.2) is 11.1 Å². The smallest absolute Gasteiger partial charge is 0.0296 e. The SMILES string of the molecule is CC(C)CCC[C@@H](C)[C@H]1CC[C@@]2(N)C3CC=C4C[C@@H](C)CC[C@]4(C)[C@@]3(N)CC[C@]12C. The molecule has 0 aromatic rings. The van der Waals surface area contributed by atoms with Gasteiger partial charge in [0.05, 0.1) is 0 Å². The van der Waals surface area contributed by atoms with E-state index in [2.05, 4.69) is 47.6 Å². The topological polar surface area (TPSA) is 52.0 Å². The quantitative estimate of drug-likeness (QED) is 0.484. The first-order valence-corrected chi connectivity index (χ1v) is 13.3.